The number of hydrogen-bond acceptors (Lipinski definition) is 12. The minimum atomic E-state index is -1.21. The van der Waals surface area contributed by atoms with E-state index in [1.807, 2.05) is 0 Å². The van der Waals surface area contributed by atoms with Gasteiger partial charge in [0.25, 0.3) is 0 Å². The molecule has 0 aromatic heterocycles. The van der Waals surface area contributed by atoms with E-state index < -0.39 is 71.2 Å². The van der Waals surface area contributed by atoms with E-state index in [1.165, 1.54) is 83.1 Å². The summed E-state index contributed by atoms with van der Waals surface area (Å²) in [6, 6.07) is 0. The molecule has 224 valence electrons. The molecule has 0 aliphatic rings. The standard InChI is InChI=1S/4C6H14O3/c4*1-4(7)5(8)6(2,3)9/h4*4-5,7-9H,1-3H3. The average molecular weight is 537 g/mol. The molecule has 0 radical (unpaired) electrons. The van der Waals surface area contributed by atoms with Crippen molar-refractivity contribution < 1.29 is 61.3 Å². The van der Waals surface area contributed by atoms with Gasteiger partial charge in [0, 0.05) is 0 Å². The van der Waals surface area contributed by atoms with Crippen molar-refractivity contribution >= 4 is 0 Å². The molecular formula is C24H56O12. The van der Waals surface area contributed by atoms with Crippen molar-refractivity contribution in [3.63, 3.8) is 0 Å². The Labute approximate surface area is 216 Å². The van der Waals surface area contributed by atoms with E-state index in [4.69, 9.17) is 61.3 Å². The molecule has 0 saturated heterocycles. The second-order valence-corrected chi connectivity index (χ2v) is 11.4. The molecule has 12 nitrogen and oxygen atoms in total. The van der Waals surface area contributed by atoms with E-state index >= 15 is 0 Å². The van der Waals surface area contributed by atoms with E-state index in [1.54, 1.807) is 0 Å². The number of rotatable bonds is 8. The predicted octanol–water partition coefficient (Wildman–Crippen LogP) is -2.00. The second-order valence-electron chi connectivity index (χ2n) is 11.4. The quantitative estimate of drug-likeness (QED) is 0.161. The summed E-state index contributed by atoms with van der Waals surface area (Å²) >= 11 is 0. The molecule has 0 amide bonds. The van der Waals surface area contributed by atoms with Crippen molar-refractivity contribution in [1.29, 1.82) is 0 Å². The normalized spacial score (nSPS) is 19.3. The molecule has 8 atom stereocenters. The zero-order valence-electron chi connectivity index (χ0n) is 24.0. The molecule has 0 bridgehead atoms. The van der Waals surface area contributed by atoms with Crippen LogP contribution in [0.2, 0.25) is 0 Å². The van der Waals surface area contributed by atoms with Gasteiger partial charge in [0.05, 0.1) is 46.8 Å². The van der Waals surface area contributed by atoms with E-state index in [-0.39, 0.29) is 0 Å². The molecule has 0 aromatic rings. The molecule has 0 heterocycles. The third kappa shape index (κ3) is 22.7. The maximum atomic E-state index is 9.05. The van der Waals surface area contributed by atoms with Gasteiger partial charge < -0.3 is 61.3 Å². The molecule has 0 aliphatic carbocycles. The van der Waals surface area contributed by atoms with Crippen molar-refractivity contribution in [2.24, 2.45) is 0 Å². The second kappa shape index (κ2) is 17.2. The number of aliphatic hydroxyl groups excluding tert-OH is 8. The van der Waals surface area contributed by atoms with E-state index in [9.17, 15) is 0 Å². The summed E-state index contributed by atoms with van der Waals surface area (Å²) in [6.45, 7) is 17.3. The fourth-order valence-electron chi connectivity index (χ4n) is 2.36. The molecule has 8 unspecified atom stereocenters. The van der Waals surface area contributed by atoms with Crippen molar-refractivity contribution in [3.8, 4) is 0 Å². The molecule has 0 aliphatic heterocycles. The van der Waals surface area contributed by atoms with Gasteiger partial charge in [-0.05, 0) is 83.1 Å². The zero-order valence-corrected chi connectivity index (χ0v) is 24.0. The SMILES string of the molecule is CC(O)C(O)C(C)(C)O.CC(O)C(O)C(C)(C)O.CC(O)C(O)C(C)(C)O.CC(O)C(O)C(C)(C)O. The van der Waals surface area contributed by atoms with E-state index in [0.29, 0.717) is 0 Å². The molecule has 0 fully saturated rings. The Hall–Kier alpha value is -0.480. The molecule has 12 N–H and O–H groups in total. The topological polar surface area (TPSA) is 243 Å². The van der Waals surface area contributed by atoms with Gasteiger partial charge in [-0.3, -0.25) is 0 Å². The van der Waals surface area contributed by atoms with Crippen LogP contribution in [0.4, 0.5) is 0 Å². The van der Waals surface area contributed by atoms with Crippen LogP contribution in [0.1, 0.15) is 83.1 Å². The van der Waals surface area contributed by atoms with Crippen LogP contribution in [0.5, 0.6) is 0 Å². The Balaban J connectivity index is -0.000000190. The molecule has 0 rings (SSSR count). The summed E-state index contributed by atoms with van der Waals surface area (Å²) in [4.78, 5) is 0. The summed E-state index contributed by atoms with van der Waals surface area (Å²) in [5.74, 6) is 0. The molecular weight excluding hydrogens is 480 g/mol. The van der Waals surface area contributed by atoms with E-state index in [2.05, 4.69) is 0 Å². The highest BCUT2D eigenvalue weighted by Gasteiger charge is 2.30. The molecule has 0 aromatic carbocycles. The lowest BCUT2D eigenvalue weighted by atomic mass is 9.98. The van der Waals surface area contributed by atoms with Crippen LogP contribution in [0, 0.1) is 0 Å². The minimum absolute atomic E-state index is 0.884. The summed E-state index contributed by atoms with van der Waals surface area (Å²) in [5.41, 5.74) is -4.86. The van der Waals surface area contributed by atoms with Crippen molar-refractivity contribution in [3.05, 3.63) is 0 Å². The minimum Gasteiger partial charge on any atom is -0.391 e. The van der Waals surface area contributed by atoms with Gasteiger partial charge >= 0.3 is 0 Å². The first-order valence-corrected chi connectivity index (χ1v) is 11.8. The van der Waals surface area contributed by atoms with Crippen LogP contribution >= 0.6 is 0 Å². The van der Waals surface area contributed by atoms with Gasteiger partial charge in [-0.2, -0.15) is 0 Å². The highest BCUT2D eigenvalue weighted by atomic mass is 16.4. The lowest BCUT2D eigenvalue weighted by Gasteiger charge is -2.26. The fraction of sp³-hybridized carbons (Fsp3) is 1.00. The van der Waals surface area contributed by atoms with Crippen LogP contribution in [0.25, 0.3) is 0 Å². The maximum absolute atomic E-state index is 9.05. The molecule has 36 heavy (non-hydrogen) atoms. The van der Waals surface area contributed by atoms with Crippen LogP contribution in [0.15, 0.2) is 0 Å². The van der Waals surface area contributed by atoms with Gasteiger partial charge in [-0.1, -0.05) is 0 Å². The third-order valence-corrected chi connectivity index (χ3v) is 4.72. The number of aliphatic hydroxyl groups is 12. The first kappa shape index (κ1) is 42.6. The lowest BCUT2D eigenvalue weighted by molar-refractivity contribution is -0.0999. The summed E-state index contributed by atoms with van der Waals surface area (Å²) in [5, 5.41) is 107. The first-order valence-electron chi connectivity index (χ1n) is 11.8. The average Bonchev–Trinajstić information content (AvgIpc) is 2.63. The van der Waals surface area contributed by atoms with Crippen LogP contribution in [-0.4, -0.2) is 133 Å². The van der Waals surface area contributed by atoms with Crippen LogP contribution < -0.4 is 0 Å². The Morgan fingerprint density at radius 1 is 0.306 bits per heavy atom. The summed E-state index contributed by atoms with van der Waals surface area (Å²) < 4.78 is 0. The van der Waals surface area contributed by atoms with Gasteiger partial charge in [0.15, 0.2) is 0 Å². The highest BCUT2D eigenvalue weighted by molar-refractivity contribution is 4.81. The smallest absolute Gasteiger partial charge is 0.108 e. The van der Waals surface area contributed by atoms with Gasteiger partial charge in [-0.25, -0.2) is 0 Å². The van der Waals surface area contributed by atoms with Crippen molar-refractivity contribution in [1.82, 2.24) is 0 Å². The van der Waals surface area contributed by atoms with Crippen LogP contribution in [0.3, 0.4) is 0 Å². The summed E-state index contributed by atoms with van der Waals surface area (Å²) in [7, 11) is 0. The molecule has 0 spiro atoms. The lowest BCUT2D eigenvalue weighted by Crippen LogP contribution is -2.43. The van der Waals surface area contributed by atoms with Gasteiger partial charge in [0.1, 0.15) is 24.4 Å². The predicted molar refractivity (Wildman–Crippen MR) is 136 cm³/mol. The molecule has 0 saturated carbocycles. The van der Waals surface area contributed by atoms with Crippen LogP contribution in [-0.2, 0) is 0 Å². The Morgan fingerprint density at radius 3 is 0.389 bits per heavy atom. The number of hydrogen-bond donors (Lipinski definition) is 12. The monoisotopic (exact) mass is 536 g/mol. The van der Waals surface area contributed by atoms with Gasteiger partial charge in [0.2, 0.25) is 0 Å². The van der Waals surface area contributed by atoms with E-state index in [0.717, 1.165) is 0 Å². The Bertz CT molecular complexity index is 427. The highest BCUT2D eigenvalue weighted by Crippen LogP contribution is 2.13. The van der Waals surface area contributed by atoms with Gasteiger partial charge in [-0.15, -0.1) is 0 Å². The maximum Gasteiger partial charge on any atom is 0.108 e. The zero-order chi connectivity index (χ0) is 30.6. The molecule has 12 heteroatoms. The van der Waals surface area contributed by atoms with Crippen molar-refractivity contribution in [2.45, 2.75) is 154 Å². The third-order valence-electron chi connectivity index (χ3n) is 4.72. The first-order chi connectivity index (χ1) is 15.4. The fourth-order valence-corrected chi connectivity index (χ4v) is 2.36. The Kier molecular flexibility index (Phi) is 20.3. The van der Waals surface area contributed by atoms with Crippen molar-refractivity contribution in [2.75, 3.05) is 0 Å². The Morgan fingerprint density at radius 2 is 0.389 bits per heavy atom. The largest absolute Gasteiger partial charge is 0.391 e. The summed E-state index contributed by atoms with van der Waals surface area (Å²) in [6.07, 6.45) is -7.82.